The van der Waals surface area contributed by atoms with Crippen LogP contribution in [0.2, 0.25) is 0 Å². The van der Waals surface area contributed by atoms with E-state index in [1.165, 1.54) is 13.5 Å². The van der Waals surface area contributed by atoms with E-state index < -0.39 is 5.41 Å². The van der Waals surface area contributed by atoms with Crippen molar-refractivity contribution in [2.75, 3.05) is 21.3 Å². The number of rotatable bonds is 5. The highest BCUT2D eigenvalue weighted by molar-refractivity contribution is 5.76. The van der Waals surface area contributed by atoms with Crippen molar-refractivity contribution in [3.63, 3.8) is 0 Å². The van der Waals surface area contributed by atoms with E-state index in [1.807, 2.05) is 0 Å². The third-order valence-corrected chi connectivity index (χ3v) is 3.51. The molecular formula is C12H22O4. The van der Waals surface area contributed by atoms with Gasteiger partial charge in [-0.05, 0) is 12.8 Å². The average molecular weight is 230 g/mol. The van der Waals surface area contributed by atoms with Crippen LogP contribution < -0.4 is 0 Å². The lowest BCUT2D eigenvalue weighted by atomic mass is 9.71. The van der Waals surface area contributed by atoms with Crippen LogP contribution in [0.4, 0.5) is 0 Å². The Hall–Kier alpha value is -0.610. The van der Waals surface area contributed by atoms with Gasteiger partial charge in [0.05, 0.1) is 12.5 Å². The fraction of sp³-hybridized carbons (Fsp3) is 0.917. The van der Waals surface area contributed by atoms with E-state index in [-0.39, 0.29) is 12.3 Å². The fourth-order valence-electron chi connectivity index (χ4n) is 2.52. The molecule has 0 spiro atoms. The second-order valence-electron chi connectivity index (χ2n) is 4.44. The van der Waals surface area contributed by atoms with Gasteiger partial charge in [-0.15, -0.1) is 0 Å². The highest BCUT2D eigenvalue weighted by atomic mass is 16.7. The van der Waals surface area contributed by atoms with Crippen LogP contribution in [0.3, 0.4) is 0 Å². The molecule has 0 aromatic heterocycles. The fourth-order valence-corrected chi connectivity index (χ4v) is 2.52. The van der Waals surface area contributed by atoms with Crippen molar-refractivity contribution in [2.45, 2.75) is 44.8 Å². The van der Waals surface area contributed by atoms with E-state index in [1.54, 1.807) is 14.2 Å². The minimum atomic E-state index is -0.399. The van der Waals surface area contributed by atoms with Gasteiger partial charge in [-0.3, -0.25) is 4.79 Å². The highest BCUT2D eigenvalue weighted by Crippen LogP contribution is 2.41. The van der Waals surface area contributed by atoms with Crippen LogP contribution in [0.5, 0.6) is 0 Å². The van der Waals surface area contributed by atoms with Crippen LogP contribution in [0.15, 0.2) is 0 Å². The van der Waals surface area contributed by atoms with Crippen molar-refractivity contribution in [1.29, 1.82) is 0 Å². The van der Waals surface area contributed by atoms with Crippen molar-refractivity contribution in [2.24, 2.45) is 5.41 Å². The lowest BCUT2D eigenvalue weighted by molar-refractivity contribution is -0.169. The summed E-state index contributed by atoms with van der Waals surface area (Å²) >= 11 is 0. The topological polar surface area (TPSA) is 44.8 Å². The van der Waals surface area contributed by atoms with Crippen molar-refractivity contribution >= 4 is 5.97 Å². The van der Waals surface area contributed by atoms with E-state index in [0.717, 1.165) is 25.7 Å². The van der Waals surface area contributed by atoms with Crippen molar-refractivity contribution in [3.8, 4) is 0 Å². The molecule has 0 N–H and O–H groups in total. The van der Waals surface area contributed by atoms with Crippen molar-refractivity contribution < 1.29 is 19.0 Å². The first-order valence-electron chi connectivity index (χ1n) is 5.82. The van der Waals surface area contributed by atoms with Gasteiger partial charge in [-0.25, -0.2) is 0 Å². The minimum absolute atomic E-state index is 0.119. The lowest BCUT2D eigenvalue weighted by Gasteiger charge is -2.36. The SMILES string of the molecule is COC(=O)C1(CC(OC)OC)CCCCC1. The Labute approximate surface area is 97.2 Å². The third kappa shape index (κ3) is 2.95. The number of hydrogen-bond donors (Lipinski definition) is 0. The molecule has 0 radical (unpaired) electrons. The normalized spacial score (nSPS) is 19.8. The third-order valence-electron chi connectivity index (χ3n) is 3.51. The monoisotopic (exact) mass is 230 g/mol. The van der Waals surface area contributed by atoms with Crippen LogP contribution in [-0.2, 0) is 19.0 Å². The zero-order valence-electron chi connectivity index (χ0n) is 10.5. The summed E-state index contributed by atoms with van der Waals surface area (Å²) in [5.41, 5.74) is -0.399. The summed E-state index contributed by atoms with van der Waals surface area (Å²) in [4.78, 5) is 11.9. The van der Waals surface area contributed by atoms with Crippen molar-refractivity contribution in [1.82, 2.24) is 0 Å². The first-order chi connectivity index (χ1) is 7.68. The molecular weight excluding hydrogens is 208 g/mol. The molecule has 1 aliphatic carbocycles. The molecule has 0 heterocycles. The first kappa shape index (κ1) is 13.5. The zero-order valence-corrected chi connectivity index (χ0v) is 10.5. The number of esters is 1. The maximum absolute atomic E-state index is 11.9. The summed E-state index contributed by atoms with van der Waals surface area (Å²) < 4.78 is 15.3. The summed E-state index contributed by atoms with van der Waals surface area (Å²) in [6.45, 7) is 0. The Morgan fingerprint density at radius 2 is 1.69 bits per heavy atom. The molecule has 4 nitrogen and oxygen atoms in total. The second-order valence-corrected chi connectivity index (χ2v) is 4.44. The van der Waals surface area contributed by atoms with Crippen LogP contribution >= 0.6 is 0 Å². The minimum Gasteiger partial charge on any atom is -0.469 e. The number of ether oxygens (including phenoxy) is 3. The summed E-state index contributed by atoms with van der Waals surface area (Å²) in [6, 6.07) is 0. The molecule has 1 rings (SSSR count). The number of carbonyl (C=O) groups is 1. The van der Waals surface area contributed by atoms with E-state index in [4.69, 9.17) is 14.2 Å². The Bertz CT molecular complexity index is 217. The van der Waals surface area contributed by atoms with E-state index in [9.17, 15) is 4.79 Å². The molecule has 0 aromatic rings. The molecule has 0 aromatic carbocycles. The van der Waals surface area contributed by atoms with Gasteiger partial charge in [-0.2, -0.15) is 0 Å². The van der Waals surface area contributed by atoms with Crippen LogP contribution in [0.25, 0.3) is 0 Å². The summed E-state index contributed by atoms with van der Waals surface area (Å²) in [5.74, 6) is -0.119. The van der Waals surface area contributed by atoms with Crippen LogP contribution in [0.1, 0.15) is 38.5 Å². The van der Waals surface area contributed by atoms with E-state index in [0.29, 0.717) is 6.42 Å². The van der Waals surface area contributed by atoms with Gasteiger partial charge in [0.25, 0.3) is 0 Å². The quantitative estimate of drug-likeness (QED) is 0.536. The van der Waals surface area contributed by atoms with Crippen molar-refractivity contribution in [3.05, 3.63) is 0 Å². The molecule has 16 heavy (non-hydrogen) atoms. The molecule has 1 aliphatic rings. The van der Waals surface area contributed by atoms with E-state index in [2.05, 4.69) is 0 Å². The maximum Gasteiger partial charge on any atom is 0.311 e. The summed E-state index contributed by atoms with van der Waals surface area (Å²) in [7, 11) is 4.65. The molecule has 0 unspecified atom stereocenters. The predicted octanol–water partition coefficient (Wildman–Crippen LogP) is 2.12. The predicted molar refractivity (Wildman–Crippen MR) is 60.0 cm³/mol. The van der Waals surface area contributed by atoms with Gasteiger partial charge in [0.15, 0.2) is 6.29 Å². The highest BCUT2D eigenvalue weighted by Gasteiger charge is 2.42. The molecule has 0 atom stereocenters. The molecule has 0 aliphatic heterocycles. The maximum atomic E-state index is 11.9. The standard InChI is InChI=1S/C12H22O4/c1-14-10(15-2)9-12(11(13)16-3)7-5-4-6-8-12/h10H,4-9H2,1-3H3. The summed E-state index contributed by atoms with van der Waals surface area (Å²) in [6.07, 6.45) is 5.38. The molecule has 0 bridgehead atoms. The van der Waals surface area contributed by atoms with Gasteiger partial charge in [-0.1, -0.05) is 19.3 Å². The summed E-state index contributed by atoms with van der Waals surface area (Å²) in [5, 5.41) is 0. The Morgan fingerprint density at radius 1 is 1.12 bits per heavy atom. The Balaban J connectivity index is 2.73. The van der Waals surface area contributed by atoms with Gasteiger partial charge >= 0.3 is 5.97 Å². The molecule has 1 saturated carbocycles. The van der Waals surface area contributed by atoms with Gasteiger partial charge in [0.2, 0.25) is 0 Å². The largest absolute Gasteiger partial charge is 0.469 e. The van der Waals surface area contributed by atoms with Gasteiger partial charge in [0.1, 0.15) is 0 Å². The molecule has 4 heteroatoms. The van der Waals surface area contributed by atoms with Gasteiger partial charge < -0.3 is 14.2 Å². The number of carbonyl (C=O) groups excluding carboxylic acids is 1. The Morgan fingerprint density at radius 3 is 2.12 bits per heavy atom. The van der Waals surface area contributed by atoms with E-state index >= 15 is 0 Å². The smallest absolute Gasteiger partial charge is 0.311 e. The van der Waals surface area contributed by atoms with Crippen LogP contribution in [-0.4, -0.2) is 33.6 Å². The Kier molecular flexibility index (Phi) is 5.22. The molecule has 0 saturated heterocycles. The number of methoxy groups -OCH3 is 3. The lowest BCUT2D eigenvalue weighted by Crippen LogP contribution is -2.38. The average Bonchev–Trinajstić information content (AvgIpc) is 2.36. The second kappa shape index (κ2) is 6.21. The number of hydrogen-bond acceptors (Lipinski definition) is 4. The molecule has 94 valence electrons. The van der Waals surface area contributed by atoms with Gasteiger partial charge in [0, 0.05) is 20.6 Å². The zero-order chi connectivity index (χ0) is 12.0. The molecule has 1 fully saturated rings. The molecule has 0 amide bonds. The van der Waals surface area contributed by atoms with Crippen LogP contribution in [0, 0.1) is 5.41 Å². The first-order valence-corrected chi connectivity index (χ1v) is 5.82.